The average Bonchev–Trinajstić information content (AvgIpc) is 3.54. The largest absolute Gasteiger partial charge is 0.462 e. The van der Waals surface area contributed by atoms with Crippen LogP contribution in [0.1, 0.15) is 79.2 Å². The van der Waals surface area contributed by atoms with Crippen molar-refractivity contribution >= 4 is 51.3 Å². The van der Waals surface area contributed by atoms with Crippen molar-refractivity contribution in [3.63, 3.8) is 0 Å². The molecule has 194 valence electrons. The number of rotatable bonds is 10. The molecule has 0 radical (unpaired) electrons. The molecule has 0 aliphatic heterocycles. The number of nitrogens with one attached hydrogen (secondary N) is 1. The van der Waals surface area contributed by atoms with Crippen LogP contribution in [-0.2, 0) is 28.8 Å². The second-order valence-electron chi connectivity index (χ2n) is 9.43. The lowest BCUT2D eigenvalue weighted by Crippen LogP contribution is -2.18. The van der Waals surface area contributed by atoms with Crippen molar-refractivity contribution in [2.75, 3.05) is 17.7 Å². The molecule has 3 aromatic heterocycles. The van der Waals surface area contributed by atoms with Crippen LogP contribution in [0.25, 0.3) is 11.4 Å². The van der Waals surface area contributed by atoms with Crippen molar-refractivity contribution in [3.05, 3.63) is 32.3 Å². The van der Waals surface area contributed by atoms with Crippen LogP contribution < -0.4 is 5.32 Å². The predicted octanol–water partition coefficient (Wildman–Crippen LogP) is 6.63. The molecule has 7 nitrogen and oxygen atoms in total. The fraction of sp³-hybridized carbons (Fsp3) is 0.538. The second-order valence-corrected chi connectivity index (χ2v) is 12.5. The van der Waals surface area contributed by atoms with Gasteiger partial charge < -0.3 is 10.1 Å². The summed E-state index contributed by atoms with van der Waals surface area (Å²) in [5.41, 5.74) is 2.65. The maximum Gasteiger partial charge on any atom is 0.341 e. The third kappa shape index (κ3) is 5.86. The summed E-state index contributed by atoms with van der Waals surface area (Å²) in [6.45, 7) is 10.7. The van der Waals surface area contributed by atoms with Crippen molar-refractivity contribution in [2.45, 2.75) is 77.9 Å². The molecule has 10 heteroatoms. The Labute approximate surface area is 225 Å². The summed E-state index contributed by atoms with van der Waals surface area (Å²) in [5.74, 6) is 1.06. The molecule has 1 amide bonds. The van der Waals surface area contributed by atoms with Gasteiger partial charge in [-0.1, -0.05) is 32.0 Å². The third-order valence-corrected chi connectivity index (χ3v) is 9.28. The number of hydrogen-bond donors (Lipinski definition) is 1. The maximum atomic E-state index is 13.0. The van der Waals surface area contributed by atoms with Crippen molar-refractivity contribution in [2.24, 2.45) is 5.92 Å². The molecular formula is C26H34N4O3S3. The van der Waals surface area contributed by atoms with Crippen molar-refractivity contribution < 1.29 is 14.3 Å². The van der Waals surface area contributed by atoms with Crippen molar-refractivity contribution in [1.29, 1.82) is 0 Å². The van der Waals surface area contributed by atoms with E-state index in [0.717, 1.165) is 49.1 Å². The first kappa shape index (κ1) is 26.9. The van der Waals surface area contributed by atoms with Gasteiger partial charge in [-0.15, -0.1) is 32.9 Å². The zero-order valence-electron chi connectivity index (χ0n) is 21.6. The summed E-state index contributed by atoms with van der Waals surface area (Å²) in [4.78, 5) is 28.3. The molecule has 0 fully saturated rings. The summed E-state index contributed by atoms with van der Waals surface area (Å²) >= 11 is 4.62. The number of carbonyl (C=O) groups excluding carboxylic acids is 2. The van der Waals surface area contributed by atoms with Crippen LogP contribution in [0.3, 0.4) is 0 Å². The first-order valence-corrected chi connectivity index (χ1v) is 15.3. The smallest absolute Gasteiger partial charge is 0.341 e. The van der Waals surface area contributed by atoms with Gasteiger partial charge in [-0.3, -0.25) is 9.36 Å². The van der Waals surface area contributed by atoms with E-state index >= 15 is 0 Å². The molecule has 0 saturated heterocycles. The summed E-state index contributed by atoms with van der Waals surface area (Å²) in [6.07, 6.45) is 4.98. The highest BCUT2D eigenvalue weighted by atomic mass is 32.2. The first-order chi connectivity index (χ1) is 17.3. The minimum atomic E-state index is -0.352. The Morgan fingerprint density at radius 3 is 2.83 bits per heavy atom. The highest BCUT2D eigenvalue weighted by Crippen LogP contribution is 2.40. The number of aromatic nitrogens is 3. The SMILES string of the molecule is CCCc1cc(-c2nnc(SCC(=O)Nc3sc4c(c3C(=O)OCC)CCC(C)C4)n2C(C)C)cs1. The minimum absolute atomic E-state index is 0.150. The molecular weight excluding hydrogens is 513 g/mol. The number of nitrogens with zero attached hydrogens (tertiary/aromatic N) is 3. The molecule has 3 aromatic rings. The quantitative estimate of drug-likeness (QED) is 0.227. The van der Waals surface area contributed by atoms with E-state index in [0.29, 0.717) is 28.2 Å². The Balaban J connectivity index is 1.50. The van der Waals surface area contributed by atoms with E-state index in [9.17, 15) is 9.59 Å². The molecule has 1 aliphatic carbocycles. The lowest BCUT2D eigenvalue weighted by Gasteiger charge is -2.18. The van der Waals surface area contributed by atoms with Gasteiger partial charge in [0.25, 0.3) is 0 Å². The monoisotopic (exact) mass is 546 g/mol. The van der Waals surface area contributed by atoms with Gasteiger partial charge in [0.1, 0.15) is 5.00 Å². The summed E-state index contributed by atoms with van der Waals surface area (Å²) < 4.78 is 7.41. The number of fused-ring (bicyclic) bond motifs is 1. The van der Waals surface area contributed by atoms with Crippen molar-refractivity contribution in [3.8, 4) is 11.4 Å². The van der Waals surface area contributed by atoms with Crippen molar-refractivity contribution in [1.82, 2.24) is 14.8 Å². The van der Waals surface area contributed by atoms with Crippen LogP contribution in [0.15, 0.2) is 16.6 Å². The number of anilines is 1. The molecule has 1 atom stereocenters. The van der Waals surface area contributed by atoms with E-state index in [2.05, 4.69) is 59.2 Å². The van der Waals surface area contributed by atoms with Crippen LogP contribution in [-0.4, -0.2) is 39.0 Å². The Morgan fingerprint density at radius 2 is 2.11 bits per heavy atom. The fourth-order valence-corrected chi connectivity index (χ4v) is 7.72. The Hall–Kier alpha value is -2.17. The summed E-state index contributed by atoms with van der Waals surface area (Å²) in [6, 6.07) is 2.34. The van der Waals surface area contributed by atoms with Gasteiger partial charge in [-0.25, -0.2) is 4.79 Å². The van der Waals surface area contributed by atoms with Gasteiger partial charge in [-0.05, 0) is 64.0 Å². The van der Waals surface area contributed by atoms with Crippen LogP contribution in [0.4, 0.5) is 5.00 Å². The normalized spacial score (nSPS) is 15.2. The second kappa shape index (κ2) is 11.9. The lowest BCUT2D eigenvalue weighted by molar-refractivity contribution is -0.113. The Bertz CT molecular complexity index is 1230. The van der Waals surface area contributed by atoms with E-state index in [1.165, 1.54) is 32.9 Å². The van der Waals surface area contributed by atoms with Gasteiger partial charge in [0, 0.05) is 26.7 Å². The highest BCUT2D eigenvalue weighted by Gasteiger charge is 2.29. The zero-order chi connectivity index (χ0) is 25.8. The summed E-state index contributed by atoms with van der Waals surface area (Å²) in [7, 11) is 0. The molecule has 0 saturated carbocycles. The molecule has 36 heavy (non-hydrogen) atoms. The van der Waals surface area contributed by atoms with E-state index in [4.69, 9.17) is 4.74 Å². The van der Waals surface area contributed by atoms with E-state index < -0.39 is 0 Å². The number of thiophene rings is 2. The van der Waals surface area contributed by atoms with Gasteiger partial charge in [-0.2, -0.15) is 0 Å². The van der Waals surface area contributed by atoms with Gasteiger partial charge in [0.2, 0.25) is 5.91 Å². The molecule has 1 unspecified atom stereocenters. The van der Waals surface area contributed by atoms with Crippen LogP contribution in [0.2, 0.25) is 0 Å². The van der Waals surface area contributed by atoms with Crippen LogP contribution in [0.5, 0.6) is 0 Å². The predicted molar refractivity (Wildman–Crippen MR) is 149 cm³/mol. The minimum Gasteiger partial charge on any atom is -0.462 e. The number of esters is 1. The number of ether oxygens (including phenoxy) is 1. The number of hydrogen-bond acceptors (Lipinski definition) is 8. The van der Waals surface area contributed by atoms with Gasteiger partial charge in [0.15, 0.2) is 11.0 Å². The molecule has 4 rings (SSSR count). The van der Waals surface area contributed by atoms with E-state index in [1.807, 2.05) is 0 Å². The molecule has 1 N–H and O–H groups in total. The maximum absolute atomic E-state index is 13.0. The fourth-order valence-electron chi connectivity index (χ4n) is 4.46. The molecule has 1 aliphatic rings. The number of amides is 1. The van der Waals surface area contributed by atoms with Gasteiger partial charge in [0.05, 0.1) is 17.9 Å². The molecule has 3 heterocycles. The summed E-state index contributed by atoms with van der Waals surface area (Å²) in [5, 5.41) is 15.3. The zero-order valence-corrected chi connectivity index (χ0v) is 24.0. The van der Waals surface area contributed by atoms with Crippen LogP contribution >= 0.6 is 34.4 Å². The number of thioether (sulfide) groups is 1. The Morgan fingerprint density at radius 1 is 1.31 bits per heavy atom. The van der Waals surface area contributed by atoms with Gasteiger partial charge >= 0.3 is 5.97 Å². The standard InChI is InChI=1S/C26H34N4O3S3/c1-6-8-18-12-17(13-34-18)23-28-29-26(30(23)15(3)4)35-14-21(31)27-24-22(25(32)33-7-2)19-10-9-16(5)11-20(19)36-24/h12-13,15-16H,6-11,14H2,1-5H3,(H,27,31). The topological polar surface area (TPSA) is 86.1 Å². The average molecular weight is 547 g/mol. The number of carbonyl (C=O) groups is 2. The Kier molecular flexibility index (Phi) is 8.90. The molecule has 0 aromatic carbocycles. The highest BCUT2D eigenvalue weighted by molar-refractivity contribution is 7.99. The third-order valence-electron chi connectivity index (χ3n) is 6.17. The number of aryl methyl sites for hydroxylation is 1. The van der Waals surface area contributed by atoms with E-state index in [-0.39, 0.29) is 23.7 Å². The van der Waals surface area contributed by atoms with E-state index in [1.54, 1.807) is 18.3 Å². The molecule has 0 bridgehead atoms. The lowest BCUT2D eigenvalue weighted by atomic mass is 9.88. The van der Waals surface area contributed by atoms with Crippen LogP contribution in [0, 0.1) is 5.92 Å². The first-order valence-electron chi connectivity index (χ1n) is 12.6. The molecule has 0 spiro atoms.